The van der Waals surface area contributed by atoms with Gasteiger partial charge < -0.3 is 15.3 Å². The van der Waals surface area contributed by atoms with Crippen LogP contribution in [0.25, 0.3) is 0 Å². The van der Waals surface area contributed by atoms with Crippen LogP contribution in [0.1, 0.15) is 60.3 Å². The molecule has 0 rings (SSSR count). The molecule has 3 N–H and O–H groups in total. The fourth-order valence-corrected chi connectivity index (χ4v) is 3.53. The maximum Gasteiger partial charge on any atom is 0.0462 e. The van der Waals surface area contributed by atoms with Crippen molar-refractivity contribution in [1.29, 1.82) is 0 Å². The topological polar surface area (TPSA) is 60.7 Å². The third-order valence-electron chi connectivity index (χ3n) is 4.41. The minimum atomic E-state index is 0.149. The predicted molar refractivity (Wildman–Crippen MR) is 89.0 cm³/mol. The summed E-state index contributed by atoms with van der Waals surface area (Å²) in [5.41, 5.74) is 0. The highest BCUT2D eigenvalue weighted by molar-refractivity contribution is 4.74. The average molecular weight is 302 g/mol. The van der Waals surface area contributed by atoms with E-state index < -0.39 is 0 Å². The second-order valence-electron chi connectivity index (χ2n) is 7.77. The van der Waals surface area contributed by atoms with Gasteiger partial charge in [0.15, 0.2) is 0 Å². The van der Waals surface area contributed by atoms with Crippen molar-refractivity contribution >= 4 is 0 Å². The van der Waals surface area contributed by atoms with Gasteiger partial charge in [-0.05, 0) is 61.2 Å². The van der Waals surface area contributed by atoms with Crippen LogP contribution in [0.3, 0.4) is 0 Å². The van der Waals surface area contributed by atoms with Crippen molar-refractivity contribution in [2.24, 2.45) is 35.5 Å². The van der Waals surface area contributed by atoms with Crippen molar-refractivity contribution in [3.63, 3.8) is 0 Å². The Bertz CT molecular complexity index is 241. The quantitative estimate of drug-likeness (QED) is 0.518. The Kier molecular flexibility index (Phi) is 11.4. The van der Waals surface area contributed by atoms with E-state index in [0.29, 0.717) is 23.7 Å². The van der Waals surface area contributed by atoms with Gasteiger partial charge in [0.1, 0.15) is 0 Å². The molecule has 4 unspecified atom stereocenters. The summed E-state index contributed by atoms with van der Waals surface area (Å²) in [6.07, 6.45) is 3.96. The maximum absolute atomic E-state index is 9.67. The zero-order valence-corrected chi connectivity index (χ0v) is 14.8. The molecule has 0 aliphatic carbocycles. The summed E-state index contributed by atoms with van der Waals surface area (Å²) >= 11 is 0. The fraction of sp³-hybridized carbons (Fsp3) is 1.00. The van der Waals surface area contributed by atoms with Gasteiger partial charge in [-0.3, -0.25) is 0 Å². The van der Waals surface area contributed by atoms with Gasteiger partial charge >= 0.3 is 0 Å². The van der Waals surface area contributed by atoms with E-state index in [9.17, 15) is 15.3 Å². The summed E-state index contributed by atoms with van der Waals surface area (Å²) in [5, 5.41) is 28.8. The molecule has 0 aromatic rings. The van der Waals surface area contributed by atoms with Crippen LogP contribution in [-0.4, -0.2) is 35.1 Å². The van der Waals surface area contributed by atoms with Crippen LogP contribution < -0.4 is 0 Å². The van der Waals surface area contributed by atoms with Crippen molar-refractivity contribution in [2.45, 2.75) is 60.3 Å². The molecule has 3 heteroatoms. The first-order chi connectivity index (χ1) is 9.83. The average Bonchev–Trinajstić information content (AvgIpc) is 2.40. The van der Waals surface area contributed by atoms with E-state index in [-0.39, 0.29) is 31.7 Å². The van der Waals surface area contributed by atoms with Crippen LogP contribution in [0.15, 0.2) is 0 Å². The van der Waals surface area contributed by atoms with E-state index in [1.807, 2.05) is 0 Å². The molecule has 0 bridgehead atoms. The maximum atomic E-state index is 9.67. The molecule has 0 aromatic carbocycles. The van der Waals surface area contributed by atoms with Gasteiger partial charge in [0.2, 0.25) is 0 Å². The molecule has 0 aromatic heterocycles. The Hall–Kier alpha value is -0.120. The zero-order chi connectivity index (χ0) is 16.4. The van der Waals surface area contributed by atoms with Gasteiger partial charge in [0, 0.05) is 19.8 Å². The highest BCUT2D eigenvalue weighted by Gasteiger charge is 2.24. The second-order valence-corrected chi connectivity index (χ2v) is 7.77. The lowest BCUT2D eigenvalue weighted by atomic mass is 9.78. The highest BCUT2D eigenvalue weighted by Crippen LogP contribution is 2.29. The van der Waals surface area contributed by atoms with E-state index in [1.165, 1.54) is 0 Å². The van der Waals surface area contributed by atoms with Crippen molar-refractivity contribution in [3.8, 4) is 0 Å². The number of aliphatic hydroxyl groups is 3. The first-order valence-corrected chi connectivity index (χ1v) is 8.66. The van der Waals surface area contributed by atoms with Crippen molar-refractivity contribution in [2.75, 3.05) is 19.8 Å². The third kappa shape index (κ3) is 9.49. The Balaban J connectivity index is 4.44. The molecule has 0 aliphatic heterocycles. The van der Waals surface area contributed by atoms with Gasteiger partial charge in [-0.15, -0.1) is 0 Å². The molecule has 0 radical (unpaired) electrons. The van der Waals surface area contributed by atoms with Crippen molar-refractivity contribution in [1.82, 2.24) is 0 Å². The van der Waals surface area contributed by atoms with E-state index in [0.717, 1.165) is 25.7 Å². The fourth-order valence-electron chi connectivity index (χ4n) is 3.53. The SMILES string of the molecule is CC(C)CC(CO)CC(C)CC(CO)C(CO)CC(C)C. The van der Waals surface area contributed by atoms with Gasteiger partial charge in [-0.25, -0.2) is 0 Å². The lowest BCUT2D eigenvalue weighted by Gasteiger charge is -2.29. The van der Waals surface area contributed by atoms with Crippen LogP contribution in [0.4, 0.5) is 0 Å². The second kappa shape index (κ2) is 11.4. The molecule has 21 heavy (non-hydrogen) atoms. The largest absolute Gasteiger partial charge is 0.396 e. The molecular weight excluding hydrogens is 264 g/mol. The smallest absolute Gasteiger partial charge is 0.0462 e. The molecule has 0 aliphatic rings. The standard InChI is InChI=1S/C18H38O3/c1-13(2)6-16(10-19)8-15(5)9-18(12-21)17(11-20)7-14(3)4/h13-21H,6-12H2,1-5H3. The van der Waals surface area contributed by atoms with Gasteiger partial charge in [-0.2, -0.15) is 0 Å². The van der Waals surface area contributed by atoms with Crippen molar-refractivity contribution < 1.29 is 15.3 Å². The Morgan fingerprint density at radius 1 is 0.571 bits per heavy atom. The minimum absolute atomic E-state index is 0.149. The van der Waals surface area contributed by atoms with Crippen LogP contribution in [0.2, 0.25) is 0 Å². The van der Waals surface area contributed by atoms with Crippen LogP contribution >= 0.6 is 0 Å². The summed E-state index contributed by atoms with van der Waals surface area (Å²) in [4.78, 5) is 0. The molecule has 4 atom stereocenters. The Morgan fingerprint density at radius 3 is 1.43 bits per heavy atom. The molecule has 0 saturated carbocycles. The molecule has 0 heterocycles. The first-order valence-electron chi connectivity index (χ1n) is 8.66. The number of hydrogen-bond donors (Lipinski definition) is 3. The van der Waals surface area contributed by atoms with Gasteiger partial charge in [-0.1, -0.05) is 34.6 Å². The summed E-state index contributed by atoms with van der Waals surface area (Å²) in [6.45, 7) is 11.5. The summed E-state index contributed by atoms with van der Waals surface area (Å²) < 4.78 is 0. The third-order valence-corrected chi connectivity index (χ3v) is 4.41. The molecule has 128 valence electrons. The number of aliphatic hydroxyl groups excluding tert-OH is 3. The van der Waals surface area contributed by atoms with Crippen LogP contribution in [-0.2, 0) is 0 Å². The molecule has 0 amide bonds. The molecule has 0 fully saturated rings. The van der Waals surface area contributed by atoms with Gasteiger partial charge in [0.25, 0.3) is 0 Å². The minimum Gasteiger partial charge on any atom is -0.396 e. The van der Waals surface area contributed by atoms with Crippen molar-refractivity contribution in [3.05, 3.63) is 0 Å². The van der Waals surface area contributed by atoms with Crippen LogP contribution in [0, 0.1) is 35.5 Å². The van der Waals surface area contributed by atoms with E-state index in [2.05, 4.69) is 34.6 Å². The number of rotatable bonds is 12. The highest BCUT2D eigenvalue weighted by atomic mass is 16.3. The molecule has 0 saturated heterocycles. The Labute approximate surface area is 131 Å². The lowest BCUT2D eigenvalue weighted by molar-refractivity contribution is 0.0837. The van der Waals surface area contributed by atoms with Gasteiger partial charge in [0.05, 0.1) is 0 Å². The van der Waals surface area contributed by atoms with Crippen LogP contribution in [0.5, 0.6) is 0 Å². The monoisotopic (exact) mass is 302 g/mol. The molecular formula is C18H38O3. The number of hydrogen-bond acceptors (Lipinski definition) is 3. The summed E-state index contributed by atoms with van der Waals surface area (Å²) in [5.74, 6) is 2.34. The summed E-state index contributed by atoms with van der Waals surface area (Å²) in [6, 6.07) is 0. The lowest BCUT2D eigenvalue weighted by Crippen LogP contribution is -2.26. The van der Waals surface area contributed by atoms with E-state index >= 15 is 0 Å². The van der Waals surface area contributed by atoms with E-state index in [4.69, 9.17) is 0 Å². The Morgan fingerprint density at radius 2 is 1.05 bits per heavy atom. The summed E-state index contributed by atoms with van der Waals surface area (Å²) in [7, 11) is 0. The predicted octanol–water partition coefficient (Wildman–Crippen LogP) is 3.32. The zero-order valence-electron chi connectivity index (χ0n) is 14.8. The van der Waals surface area contributed by atoms with E-state index in [1.54, 1.807) is 0 Å². The molecule has 3 nitrogen and oxygen atoms in total. The first kappa shape index (κ1) is 20.9. The normalized spacial score (nSPS) is 18.0. The molecule has 0 spiro atoms.